The van der Waals surface area contributed by atoms with Crippen LogP contribution < -0.4 is 0 Å². The Balaban J connectivity index is 1.33. The largest absolute Gasteiger partial charge is 0.459 e. The molecule has 2 aromatic heterocycles. The van der Waals surface area contributed by atoms with Crippen molar-refractivity contribution in [2.24, 2.45) is 0 Å². The zero-order valence-corrected chi connectivity index (χ0v) is 19.0. The fraction of sp³-hybridized carbons (Fsp3) is 0.222. The van der Waals surface area contributed by atoms with E-state index >= 15 is 0 Å². The molecule has 4 aromatic rings. The number of hydrogen-bond acceptors (Lipinski definition) is 4. The summed E-state index contributed by atoms with van der Waals surface area (Å²) in [6.45, 7) is 1.45. The zero-order valence-electron chi connectivity index (χ0n) is 19.0. The van der Waals surface area contributed by atoms with Gasteiger partial charge in [0.2, 0.25) is 5.91 Å². The van der Waals surface area contributed by atoms with E-state index in [0.717, 1.165) is 22.3 Å². The summed E-state index contributed by atoms with van der Waals surface area (Å²) in [6.07, 6.45) is 5.69. The predicted molar refractivity (Wildman–Crippen MR) is 127 cm³/mol. The second kappa shape index (κ2) is 9.39. The third-order valence-electron chi connectivity index (χ3n) is 6.20. The van der Waals surface area contributed by atoms with Crippen molar-refractivity contribution in [2.45, 2.75) is 32.1 Å². The Morgan fingerprint density at radius 3 is 2.53 bits per heavy atom. The predicted octanol–water partition coefficient (Wildman–Crippen LogP) is 3.75. The SMILES string of the molecule is CN(Cc1cnn(Cc2ccccc2)c1)C(=O)C1Cc2ccccc2CN1C(=O)c1ccco1. The molecule has 1 aliphatic heterocycles. The van der Waals surface area contributed by atoms with E-state index in [-0.39, 0.29) is 17.6 Å². The third-order valence-corrected chi connectivity index (χ3v) is 6.20. The van der Waals surface area contributed by atoms with E-state index in [2.05, 4.69) is 17.2 Å². The maximum atomic E-state index is 13.6. The molecule has 2 aromatic carbocycles. The van der Waals surface area contributed by atoms with Crippen molar-refractivity contribution >= 4 is 11.8 Å². The van der Waals surface area contributed by atoms with Crippen LogP contribution in [0.1, 0.15) is 32.8 Å². The van der Waals surface area contributed by atoms with Gasteiger partial charge in [0.1, 0.15) is 6.04 Å². The smallest absolute Gasteiger partial charge is 0.290 e. The molecule has 0 saturated carbocycles. The van der Waals surface area contributed by atoms with Crippen molar-refractivity contribution in [3.63, 3.8) is 0 Å². The molecule has 0 radical (unpaired) electrons. The van der Waals surface area contributed by atoms with Crippen molar-refractivity contribution in [2.75, 3.05) is 7.05 Å². The van der Waals surface area contributed by atoms with Gasteiger partial charge < -0.3 is 14.2 Å². The van der Waals surface area contributed by atoms with Gasteiger partial charge in [-0.25, -0.2) is 0 Å². The minimum atomic E-state index is -0.600. The molecule has 2 amide bonds. The summed E-state index contributed by atoms with van der Waals surface area (Å²) < 4.78 is 7.21. The lowest BCUT2D eigenvalue weighted by Crippen LogP contribution is -2.52. The molecule has 7 nitrogen and oxygen atoms in total. The Hall–Kier alpha value is -4.13. The Labute approximate surface area is 198 Å². The number of rotatable bonds is 6. The summed E-state index contributed by atoms with van der Waals surface area (Å²) in [4.78, 5) is 30.1. The molecule has 5 rings (SSSR count). The van der Waals surface area contributed by atoms with E-state index in [1.807, 2.05) is 53.3 Å². The Kier molecular flexibility index (Phi) is 5.99. The summed E-state index contributed by atoms with van der Waals surface area (Å²) in [7, 11) is 1.77. The van der Waals surface area contributed by atoms with E-state index in [1.165, 1.54) is 6.26 Å². The van der Waals surface area contributed by atoms with Crippen molar-refractivity contribution in [1.29, 1.82) is 0 Å². The van der Waals surface area contributed by atoms with Gasteiger partial charge in [0.15, 0.2) is 5.76 Å². The maximum Gasteiger partial charge on any atom is 0.290 e. The van der Waals surface area contributed by atoms with E-state index < -0.39 is 6.04 Å². The number of fused-ring (bicyclic) bond motifs is 1. The van der Waals surface area contributed by atoms with Crippen LogP contribution in [0.3, 0.4) is 0 Å². The summed E-state index contributed by atoms with van der Waals surface area (Å²) in [5.74, 6) is -0.144. The molecule has 172 valence electrons. The number of carbonyl (C=O) groups excluding carboxylic acids is 2. The van der Waals surface area contributed by atoms with Crippen LogP contribution in [-0.2, 0) is 30.8 Å². The Morgan fingerprint density at radius 1 is 1.00 bits per heavy atom. The molecule has 1 unspecified atom stereocenters. The lowest BCUT2D eigenvalue weighted by Gasteiger charge is -2.37. The summed E-state index contributed by atoms with van der Waals surface area (Å²) >= 11 is 0. The normalized spacial score (nSPS) is 15.1. The number of furan rings is 1. The van der Waals surface area contributed by atoms with E-state index in [0.29, 0.717) is 26.1 Å². The molecule has 7 heteroatoms. The first-order valence-corrected chi connectivity index (χ1v) is 11.3. The van der Waals surface area contributed by atoms with Gasteiger partial charge >= 0.3 is 0 Å². The highest BCUT2D eigenvalue weighted by atomic mass is 16.3. The molecule has 0 N–H and O–H groups in total. The molecular formula is C27H26N4O3. The molecule has 34 heavy (non-hydrogen) atoms. The van der Waals surface area contributed by atoms with Crippen LogP contribution in [0.5, 0.6) is 0 Å². The highest BCUT2D eigenvalue weighted by Gasteiger charge is 2.37. The van der Waals surface area contributed by atoms with Crippen molar-refractivity contribution in [3.05, 3.63) is 113 Å². The van der Waals surface area contributed by atoms with E-state index in [1.54, 1.807) is 35.2 Å². The quantitative estimate of drug-likeness (QED) is 0.445. The number of aromatic nitrogens is 2. The molecule has 0 fully saturated rings. The van der Waals surface area contributed by atoms with Crippen LogP contribution in [0.15, 0.2) is 89.8 Å². The van der Waals surface area contributed by atoms with Gasteiger partial charge in [0, 0.05) is 38.3 Å². The summed E-state index contributed by atoms with van der Waals surface area (Å²) in [5.41, 5.74) is 4.24. The average molecular weight is 455 g/mol. The van der Waals surface area contributed by atoms with Crippen LogP contribution in [0, 0.1) is 0 Å². The number of nitrogens with zero attached hydrogens (tertiary/aromatic N) is 4. The van der Waals surface area contributed by atoms with Gasteiger partial charge in [-0.1, -0.05) is 54.6 Å². The topological polar surface area (TPSA) is 71.6 Å². The fourth-order valence-corrected chi connectivity index (χ4v) is 4.45. The first kappa shape index (κ1) is 21.7. The molecular weight excluding hydrogens is 428 g/mol. The fourth-order valence-electron chi connectivity index (χ4n) is 4.45. The third kappa shape index (κ3) is 4.50. The number of hydrogen-bond donors (Lipinski definition) is 0. The first-order valence-electron chi connectivity index (χ1n) is 11.3. The molecule has 0 spiro atoms. The molecule has 1 aliphatic rings. The van der Waals surface area contributed by atoms with Crippen LogP contribution in [-0.4, -0.2) is 44.5 Å². The monoisotopic (exact) mass is 454 g/mol. The van der Waals surface area contributed by atoms with Gasteiger partial charge in [-0.05, 0) is 28.8 Å². The molecule has 0 saturated heterocycles. The van der Waals surface area contributed by atoms with Gasteiger partial charge in [-0.15, -0.1) is 0 Å². The molecule has 0 aliphatic carbocycles. The van der Waals surface area contributed by atoms with Gasteiger partial charge in [0.05, 0.1) is 19.0 Å². The minimum Gasteiger partial charge on any atom is -0.459 e. The average Bonchev–Trinajstić information content (AvgIpc) is 3.55. The number of carbonyl (C=O) groups is 2. The lowest BCUT2D eigenvalue weighted by molar-refractivity contribution is -0.135. The first-order chi connectivity index (χ1) is 16.6. The summed E-state index contributed by atoms with van der Waals surface area (Å²) in [6, 6.07) is 20.8. The van der Waals surface area contributed by atoms with E-state index in [9.17, 15) is 9.59 Å². The lowest BCUT2D eigenvalue weighted by atomic mass is 9.93. The minimum absolute atomic E-state index is 0.106. The van der Waals surface area contributed by atoms with Gasteiger partial charge in [-0.3, -0.25) is 14.3 Å². The maximum absolute atomic E-state index is 13.6. The van der Waals surface area contributed by atoms with Gasteiger partial charge in [0.25, 0.3) is 5.91 Å². The van der Waals surface area contributed by atoms with Crippen LogP contribution in [0.25, 0.3) is 0 Å². The standard InChI is InChI=1S/C27H26N4O3/c1-29(16-21-15-28-30(18-21)17-20-8-3-2-4-9-20)26(32)24-14-22-10-5-6-11-23(22)19-31(24)27(33)25-12-7-13-34-25/h2-13,15,18,24H,14,16-17,19H2,1H3. The number of likely N-dealkylation sites (N-methyl/N-ethyl adjacent to an activating group) is 1. The van der Waals surface area contributed by atoms with Crippen LogP contribution in [0.2, 0.25) is 0 Å². The molecule has 0 bridgehead atoms. The second-order valence-electron chi connectivity index (χ2n) is 8.63. The van der Waals surface area contributed by atoms with Crippen LogP contribution >= 0.6 is 0 Å². The second-order valence-corrected chi connectivity index (χ2v) is 8.63. The highest BCUT2D eigenvalue weighted by molar-refractivity contribution is 5.96. The van der Waals surface area contributed by atoms with Crippen LogP contribution in [0.4, 0.5) is 0 Å². The summed E-state index contributed by atoms with van der Waals surface area (Å²) in [5, 5.41) is 4.44. The molecule has 3 heterocycles. The number of benzene rings is 2. The van der Waals surface area contributed by atoms with Gasteiger partial charge in [-0.2, -0.15) is 5.10 Å². The van der Waals surface area contributed by atoms with E-state index in [4.69, 9.17) is 4.42 Å². The number of amides is 2. The molecule has 1 atom stereocenters. The Bertz CT molecular complexity index is 1280. The van der Waals surface area contributed by atoms with Crippen molar-refractivity contribution in [3.8, 4) is 0 Å². The zero-order chi connectivity index (χ0) is 23.5. The highest BCUT2D eigenvalue weighted by Crippen LogP contribution is 2.26. The van der Waals surface area contributed by atoms with Crippen molar-refractivity contribution < 1.29 is 14.0 Å². The Morgan fingerprint density at radius 2 is 1.76 bits per heavy atom. The van der Waals surface area contributed by atoms with Crippen molar-refractivity contribution in [1.82, 2.24) is 19.6 Å².